The molecule has 102 valence electrons. The van der Waals surface area contributed by atoms with Gasteiger partial charge < -0.3 is 5.32 Å². The van der Waals surface area contributed by atoms with E-state index in [-0.39, 0.29) is 18.1 Å². The van der Waals surface area contributed by atoms with Crippen LogP contribution in [-0.2, 0) is 9.59 Å². The van der Waals surface area contributed by atoms with Gasteiger partial charge in [-0.05, 0) is 42.3 Å². The quantitative estimate of drug-likeness (QED) is 0.866. The first-order valence-corrected chi connectivity index (χ1v) is 6.58. The Kier molecular flexibility index (Phi) is 4.53. The maximum atomic E-state index is 11.5. The lowest BCUT2D eigenvalue weighted by Gasteiger charge is -2.06. The summed E-state index contributed by atoms with van der Waals surface area (Å²) >= 11 is 5.85. The van der Waals surface area contributed by atoms with Crippen LogP contribution in [0.4, 0.5) is 5.69 Å². The first-order chi connectivity index (χ1) is 9.54. The zero-order valence-corrected chi connectivity index (χ0v) is 11.8. The van der Waals surface area contributed by atoms with Crippen LogP contribution >= 0.6 is 11.6 Å². The van der Waals surface area contributed by atoms with Crippen molar-refractivity contribution >= 4 is 29.0 Å². The molecule has 2 aromatic carbocycles. The monoisotopic (exact) mass is 287 g/mol. The molecular weight excluding hydrogens is 274 g/mol. The second kappa shape index (κ2) is 6.35. The molecule has 0 heterocycles. The Morgan fingerprint density at radius 2 is 1.45 bits per heavy atom. The van der Waals surface area contributed by atoms with E-state index in [9.17, 15) is 9.59 Å². The molecule has 1 N–H and O–H groups in total. The normalized spacial score (nSPS) is 10.1. The third-order valence-electron chi connectivity index (χ3n) is 2.76. The van der Waals surface area contributed by atoms with Gasteiger partial charge in [0.05, 0.1) is 6.42 Å². The zero-order chi connectivity index (χ0) is 14.5. The fourth-order valence-corrected chi connectivity index (χ4v) is 1.95. The van der Waals surface area contributed by atoms with E-state index in [4.69, 9.17) is 11.6 Å². The van der Waals surface area contributed by atoms with Gasteiger partial charge in [-0.15, -0.1) is 0 Å². The topological polar surface area (TPSA) is 46.2 Å². The van der Waals surface area contributed by atoms with Crippen LogP contribution in [0, 0.1) is 0 Å². The summed E-state index contributed by atoms with van der Waals surface area (Å²) in [7, 11) is 0. The maximum absolute atomic E-state index is 11.5. The number of rotatable bonds is 4. The summed E-state index contributed by atoms with van der Waals surface area (Å²) in [6.07, 6.45) is -0.0983. The summed E-state index contributed by atoms with van der Waals surface area (Å²) in [6, 6.07) is 15.0. The molecule has 20 heavy (non-hydrogen) atoms. The fourth-order valence-electron chi connectivity index (χ4n) is 1.82. The lowest BCUT2D eigenvalue weighted by Crippen LogP contribution is -2.14. The van der Waals surface area contributed by atoms with Gasteiger partial charge in [0, 0.05) is 10.7 Å². The number of Topliss-reactive ketones (excluding diaryl/α,β-unsaturated/α-hetero) is 1. The Labute approximate surface area is 122 Å². The highest BCUT2D eigenvalue weighted by atomic mass is 35.5. The van der Waals surface area contributed by atoms with Gasteiger partial charge in [-0.1, -0.05) is 35.9 Å². The van der Waals surface area contributed by atoms with Gasteiger partial charge in [-0.2, -0.15) is 0 Å². The molecule has 0 spiro atoms. The number of carbonyl (C=O) groups is 2. The Bertz CT molecular complexity index is 618. The second-order valence-corrected chi connectivity index (χ2v) is 4.95. The van der Waals surface area contributed by atoms with Gasteiger partial charge >= 0.3 is 0 Å². The molecule has 0 aromatic heterocycles. The van der Waals surface area contributed by atoms with Gasteiger partial charge in [0.1, 0.15) is 5.78 Å². The molecule has 0 aliphatic rings. The van der Waals surface area contributed by atoms with Crippen LogP contribution in [0.5, 0.6) is 0 Å². The molecule has 0 aliphatic carbocycles. The molecular formula is C16H14ClNO2. The van der Waals surface area contributed by atoms with Gasteiger partial charge in [0.15, 0.2) is 0 Å². The minimum atomic E-state index is -0.295. The molecule has 2 rings (SSSR count). The minimum Gasteiger partial charge on any atom is -0.326 e. The first kappa shape index (κ1) is 14.3. The van der Waals surface area contributed by atoms with Crippen molar-refractivity contribution < 1.29 is 9.59 Å². The number of amides is 1. The van der Waals surface area contributed by atoms with Crippen LogP contribution in [0.15, 0.2) is 48.5 Å². The van der Waals surface area contributed by atoms with Gasteiger partial charge in [0.25, 0.3) is 0 Å². The molecule has 0 saturated carbocycles. The zero-order valence-electron chi connectivity index (χ0n) is 11.0. The van der Waals surface area contributed by atoms with E-state index in [1.54, 1.807) is 0 Å². The number of halogens is 1. The van der Waals surface area contributed by atoms with E-state index in [2.05, 4.69) is 5.32 Å². The molecule has 0 saturated heterocycles. The van der Waals surface area contributed by atoms with Crippen molar-refractivity contribution in [1.82, 2.24) is 0 Å². The van der Waals surface area contributed by atoms with Crippen molar-refractivity contribution in [1.29, 1.82) is 0 Å². The number of nitrogens with one attached hydrogen (secondary N) is 1. The van der Waals surface area contributed by atoms with Crippen molar-refractivity contribution in [3.05, 3.63) is 53.6 Å². The molecule has 2 aromatic rings. The standard InChI is InChI=1S/C16H14ClNO2/c1-11(19)10-16(20)18-15-8-4-13(5-9-15)12-2-6-14(17)7-3-12/h2-9H,10H2,1H3,(H,18,20). The SMILES string of the molecule is CC(=O)CC(=O)Nc1ccc(-c2ccc(Cl)cc2)cc1. The second-order valence-electron chi connectivity index (χ2n) is 4.51. The number of benzene rings is 2. The number of ketones is 1. The van der Waals surface area contributed by atoms with Crippen molar-refractivity contribution in [2.75, 3.05) is 5.32 Å². The molecule has 0 unspecified atom stereocenters. The average molecular weight is 288 g/mol. The summed E-state index contributed by atoms with van der Waals surface area (Å²) in [6.45, 7) is 1.39. The third-order valence-corrected chi connectivity index (χ3v) is 3.01. The summed E-state index contributed by atoms with van der Waals surface area (Å²) in [4.78, 5) is 22.3. The number of hydrogen-bond donors (Lipinski definition) is 1. The Morgan fingerprint density at radius 1 is 0.950 bits per heavy atom. The highest BCUT2D eigenvalue weighted by Crippen LogP contribution is 2.23. The molecule has 3 nitrogen and oxygen atoms in total. The van der Waals surface area contributed by atoms with Crippen molar-refractivity contribution in [3.63, 3.8) is 0 Å². The predicted octanol–water partition coefficient (Wildman–Crippen LogP) is 3.92. The first-order valence-electron chi connectivity index (χ1n) is 6.20. The van der Waals surface area contributed by atoms with E-state index in [1.165, 1.54) is 6.92 Å². The summed E-state index contributed by atoms with van der Waals surface area (Å²) in [5, 5.41) is 3.38. The molecule has 0 bridgehead atoms. The largest absolute Gasteiger partial charge is 0.326 e. The smallest absolute Gasteiger partial charge is 0.231 e. The third kappa shape index (κ3) is 3.93. The van der Waals surface area contributed by atoms with Gasteiger partial charge in [-0.25, -0.2) is 0 Å². The van der Waals surface area contributed by atoms with Crippen LogP contribution in [0.2, 0.25) is 5.02 Å². The van der Waals surface area contributed by atoms with E-state index in [0.29, 0.717) is 10.7 Å². The van der Waals surface area contributed by atoms with Gasteiger partial charge in [0.2, 0.25) is 5.91 Å². The van der Waals surface area contributed by atoms with Crippen molar-refractivity contribution in [2.24, 2.45) is 0 Å². The van der Waals surface area contributed by atoms with Crippen molar-refractivity contribution in [3.8, 4) is 11.1 Å². The van der Waals surface area contributed by atoms with E-state index >= 15 is 0 Å². The molecule has 0 fully saturated rings. The van der Waals surface area contributed by atoms with Crippen LogP contribution < -0.4 is 5.32 Å². The Hall–Kier alpha value is -2.13. The van der Waals surface area contributed by atoms with E-state index in [0.717, 1.165) is 11.1 Å². The predicted molar refractivity (Wildman–Crippen MR) is 80.8 cm³/mol. The summed E-state index contributed by atoms with van der Waals surface area (Å²) in [5.41, 5.74) is 2.76. The fraction of sp³-hybridized carbons (Fsp3) is 0.125. The lowest BCUT2D eigenvalue weighted by molar-refractivity contribution is -0.124. The Morgan fingerprint density at radius 3 is 1.95 bits per heavy atom. The van der Waals surface area contributed by atoms with Crippen LogP contribution in [-0.4, -0.2) is 11.7 Å². The van der Waals surface area contributed by atoms with Crippen LogP contribution in [0.1, 0.15) is 13.3 Å². The Balaban J connectivity index is 2.08. The van der Waals surface area contributed by atoms with E-state index < -0.39 is 0 Å². The van der Waals surface area contributed by atoms with E-state index in [1.807, 2.05) is 48.5 Å². The maximum Gasteiger partial charge on any atom is 0.231 e. The van der Waals surface area contributed by atoms with Crippen LogP contribution in [0.3, 0.4) is 0 Å². The lowest BCUT2D eigenvalue weighted by atomic mass is 10.1. The van der Waals surface area contributed by atoms with Crippen LogP contribution in [0.25, 0.3) is 11.1 Å². The van der Waals surface area contributed by atoms with Gasteiger partial charge in [-0.3, -0.25) is 9.59 Å². The molecule has 0 radical (unpaired) electrons. The molecule has 0 atom stereocenters. The average Bonchev–Trinajstić information content (AvgIpc) is 2.39. The number of carbonyl (C=O) groups excluding carboxylic acids is 2. The summed E-state index contributed by atoms with van der Waals surface area (Å²) < 4.78 is 0. The molecule has 0 aliphatic heterocycles. The van der Waals surface area contributed by atoms with Crippen molar-refractivity contribution in [2.45, 2.75) is 13.3 Å². The highest BCUT2D eigenvalue weighted by Gasteiger charge is 2.05. The number of anilines is 1. The number of hydrogen-bond acceptors (Lipinski definition) is 2. The molecule has 4 heteroatoms. The summed E-state index contributed by atoms with van der Waals surface area (Å²) in [5.74, 6) is -0.447. The highest BCUT2D eigenvalue weighted by molar-refractivity contribution is 6.30. The minimum absolute atomic E-state index is 0.0983. The molecule has 1 amide bonds.